The van der Waals surface area contributed by atoms with Crippen molar-refractivity contribution in [3.05, 3.63) is 32.7 Å². The van der Waals surface area contributed by atoms with Crippen molar-refractivity contribution < 1.29 is 4.74 Å². The second kappa shape index (κ2) is 4.23. The van der Waals surface area contributed by atoms with E-state index in [-0.39, 0.29) is 5.56 Å². The standard InChI is InChI=1S/C13H15N3O2/c1-8-12-5-16(9-6-18-7-9)3-2-10(12)11(4-14)13(17)15-8/h9H,2-3,5-7H2,1H3,(H,15,17). The van der Waals surface area contributed by atoms with Crippen LogP contribution in [0.4, 0.5) is 0 Å². The van der Waals surface area contributed by atoms with E-state index < -0.39 is 0 Å². The molecule has 3 heterocycles. The number of pyridine rings is 1. The summed E-state index contributed by atoms with van der Waals surface area (Å²) >= 11 is 0. The van der Waals surface area contributed by atoms with Crippen LogP contribution in [0.3, 0.4) is 0 Å². The summed E-state index contributed by atoms with van der Waals surface area (Å²) in [5, 5.41) is 9.09. The summed E-state index contributed by atoms with van der Waals surface area (Å²) in [4.78, 5) is 16.9. The van der Waals surface area contributed by atoms with Gasteiger partial charge in [0.05, 0.1) is 19.3 Å². The van der Waals surface area contributed by atoms with Crippen LogP contribution in [0.5, 0.6) is 0 Å². The van der Waals surface area contributed by atoms with Gasteiger partial charge in [-0.05, 0) is 24.5 Å². The van der Waals surface area contributed by atoms with Crippen molar-refractivity contribution in [2.75, 3.05) is 19.8 Å². The van der Waals surface area contributed by atoms with Gasteiger partial charge in [-0.3, -0.25) is 9.69 Å². The molecule has 1 fully saturated rings. The van der Waals surface area contributed by atoms with Crippen LogP contribution in [0.15, 0.2) is 4.79 Å². The molecule has 0 aromatic carbocycles. The molecule has 1 aromatic rings. The summed E-state index contributed by atoms with van der Waals surface area (Å²) in [6.45, 7) is 5.20. The predicted octanol–water partition coefficient (Wildman–Crippen LogP) is 0.312. The molecule has 1 aromatic heterocycles. The first-order valence-corrected chi connectivity index (χ1v) is 6.17. The van der Waals surface area contributed by atoms with Gasteiger partial charge in [0.15, 0.2) is 0 Å². The number of nitrogens with zero attached hydrogens (tertiary/aromatic N) is 2. The van der Waals surface area contributed by atoms with E-state index in [0.717, 1.165) is 49.5 Å². The van der Waals surface area contributed by atoms with Crippen LogP contribution >= 0.6 is 0 Å². The fourth-order valence-electron chi connectivity index (χ4n) is 2.71. The van der Waals surface area contributed by atoms with Gasteiger partial charge in [0, 0.05) is 18.8 Å². The number of ether oxygens (including phenoxy) is 1. The molecule has 3 rings (SSSR count). The topological polar surface area (TPSA) is 69.1 Å². The second-order valence-electron chi connectivity index (χ2n) is 4.93. The van der Waals surface area contributed by atoms with Gasteiger partial charge in [-0.1, -0.05) is 0 Å². The molecule has 0 aliphatic carbocycles. The third-order valence-electron chi connectivity index (χ3n) is 3.91. The van der Waals surface area contributed by atoms with Crippen LogP contribution in [0.25, 0.3) is 0 Å². The van der Waals surface area contributed by atoms with Gasteiger partial charge in [-0.25, -0.2) is 0 Å². The summed E-state index contributed by atoms with van der Waals surface area (Å²) in [6, 6.07) is 2.53. The van der Waals surface area contributed by atoms with E-state index in [0.29, 0.717) is 11.6 Å². The third kappa shape index (κ3) is 1.65. The lowest BCUT2D eigenvalue weighted by molar-refractivity contribution is -0.0696. The van der Waals surface area contributed by atoms with Crippen LogP contribution in [0, 0.1) is 18.3 Å². The molecule has 18 heavy (non-hydrogen) atoms. The Balaban J connectivity index is 2.00. The molecule has 5 heteroatoms. The highest BCUT2D eigenvalue weighted by Crippen LogP contribution is 2.25. The second-order valence-corrected chi connectivity index (χ2v) is 4.93. The van der Waals surface area contributed by atoms with Gasteiger partial charge >= 0.3 is 0 Å². The largest absolute Gasteiger partial charge is 0.378 e. The molecule has 94 valence electrons. The predicted molar refractivity (Wildman–Crippen MR) is 65.2 cm³/mol. The fraction of sp³-hybridized carbons (Fsp3) is 0.538. The van der Waals surface area contributed by atoms with E-state index in [1.807, 2.05) is 13.0 Å². The maximum absolute atomic E-state index is 11.7. The molecule has 0 amide bonds. The van der Waals surface area contributed by atoms with Crippen molar-refractivity contribution in [2.24, 2.45) is 0 Å². The number of aryl methyl sites for hydroxylation is 1. The Morgan fingerprint density at radius 1 is 1.44 bits per heavy atom. The van der Waals surface area contributed by atoms with Crippen molar-refractivity contribution in [3.63, 3.8) is 0 Å². The molecule has 1 N–H and O–H groups in total. The first-order chi connectivity index (χ1) is 8.70. The Bertz CT molecular complexity index is 581. The lowest BCUT2D eigenvalue weighted by Crippen LogP contribution is -2.51. The summed E-state index contributed by atoms with van der Waals surface area (Å²) in [6.07, 6.45) is 0.777. The van der Waals surface area contributed by atoms with Crippen molar-refractivity contribution in [2.45, 2.75) is 25.9 Å². The van der Waals surface area contributed by atoms with Gasteiger partial charge in [0.1, 0.15) is 11.6 Å². The number of aromatic nitrogens is 1. The van der Waals surface area contributed by atoms with Gasteiger partial charge in [-0.15, -0.1) is 0 Å². The van der Waals surface area contributed by atoms with Crippen molar-refractivity contribution in [3.8, 4) is 6.07 Å². The third-order valence-corrected chi connectivity index (χ3v) is 3.91. The number of aromatic amines is 1. The van der Waals surface area contributed by atoms with E-state index in [9.17, 15) is 4.79 Å². The monoisotopic (exact) mass is 245 g/mol. The molecule has 5 nitrogen and oxygen atoms in total. The van der Waals surface area contributed by atoms with Crippen LogP contribution in [-0.4, -0.2) is 35.7 Å². The van der Waals surface area contributed by atoms with Gasteiger partial charge in [0.2, 0.25) is 0 Å². The molecule has 0 radical (unpaired) electrons. The quantitative estimate of drug-likeness (QED) is 0.773. The molecule has 0 bridgehead atoms. The average Bonchev–Trinajstić information content (AvgIpc) is 2.28. The minimum Gasteiger partial charge on any atom is -0.378 e. The fourth-order valence-corrected chi connectivity index (χ4v) is 2.71. The Hall–Kier alpha value is -1.64. The Morgan fingerprint density at radius 3 is 2.83 bits per heavy atom. The molecule has 2 aliphatic rings. The Morgan fingerprint density at radius 2 is 2.22 bits per heavy atom. The number of hydrogen-bond donors (Lipinski definition) is 1. The molecular weight excluding hydrogens is 230 g/mol. The van der Waals surface area contributed by atoms with Gasteiger partial charge < -0.3 is 9.72 Å². The smallest absolute Gasteiger partial charge is 0.266 e. The maximum atomic E-state index is 11.7. The van der Waals surface area contributed by atoms with E-state index in [1.54, 1.807) is 0 Å². The summed E-state index contributed by atoms with van der Waals surface area (Å²) in [5.41, 5.74) is 2.98. The van der Waals surface area contributed by atoms with Gasteiger partial charge in [0.25, 0.3) is 5.56 Å². The number of fused-ring (bicyclic) bond motifs is 1. The van der Waals surface area contributed by atoms with Gasteiger partial charge in [-0.2, -0.15) is 5.26 Å². The SMILES string of the molecule is Cc1[nH]c(=O)c(C#N)c2c1CN(C1COC1)CC2. The van der Waals surface area contributed by atoms with E-state index in [1.165, 1.54) is 0 Å². The van der Waals surface area contributed by atoms with E-state index in [2.05, 4.69) is 9.88 Å². The number of nitriles is 1. The van der Waals surface area contributed by atoms with Crippen LogP contribution in [0.2, 0.25) is 0 Å². The van der Waals surface area contributed by atoms with E-state index in [4.69, 9.17) is 10.00 Å². The number of nitrogens with one attached hydrogen (secondary N) is 1. The molecule has 0 spiro atoms. The first-order valence-electron chi connectivity index (χ1n) is 6.17. The summed E-state index contributed by atoms with van der Waals surface area (Å²) < 4.78 is 5.22. The highest BCUT2D eigenvalue weighted by Gasteiger charge is 2.30. The minimum atomic E-state index is -0.255. The molecular formula is C13H15N3O2. The highest BCUT2D eigenvalue weighted by molar-refractivity contribution is 5.44. The zero-order chi connectivity index (χ0) is 12.7. The highest BCUT2D eigenvalue weighted by atomic mass is 16.5. The molecule has 0 saturated carbocycles. The van der Waals surface area contributed by atoms with Crippen molar-refractivity contribution in [1.29, 1.82) is 5.26 Å². The normalized spacial score (nSPS) is 20.0. The average molecular weight is 245 g/mol. The van der Waals surface area contributed by atoms with Crippen LogP contribution in [-0.2, 0) is 17.7 Å². The maximum Gasteiger partial charge on any atom is 0.266 e. The first kappa shape index (κ1) is 11.5. The molecule has 2 aliphatic heterocycles. The Kier molecular flexibility index (Phi) is 2.69. The summed E-state index contributed by atoms with van der Waals surface area (Å²) in [5.74, 6) is 0. The molecule has 0 unspecified atom stereocenters. The minimum absolute atomic E-state index is 0.255. The van der Waals surface area contributed by atoms with Crippen LogP contribution < -0.4 is 5.56 Å². The summed E-state index contributed by atoms with van der Waals surface area (Å²) in [7, 11) is 0. The lowest BCUT2D eigenvalue weighted by atomic mass is 9.94. The molecule has 1 saturated heterocycles. The zero-order valence-corrected chi connectivity index (χ0v) is 10.3. The van der Waals surface area contributed by atoms with Crippen LogP contribution in [0.1, 0.15) is 22.4 Å². The zero-order valence-electron chi connectivity index (χ0n) is 10.3. The lowest BCUT2D eigenvalue weighted by Gasteiger charge is -2.40. The van der Waals surface area contributed by atoms with E-state index >= 15 is 0 Å². The molecule has 0 atom stereocenters. The van der Waals surface area contributed by atoms with Crippen molar-refractivity contribution in [1.82, 2.24) is 9.88 Å². The number of H-pyrrole nitrogens is 1. The number of rotatable bonds is 1. The Labute approximate surface area is 105 Å². The number of hydrogen-bond acceptors (Lipinski definition) is 4. The van der Waals surface area contributed by atoms with Crippen molar-refractivity contribution >= 4 is 0 Å².